The van der Waals surface area contributed by atoms with E-state index in [9.17, 15) is 22.7 Å². The standard InChI is InChI=1S/C21H21F4NO2/c22-19-9-8-17(28-21(23,24)25)10-18(19)20(27)11-15-6-7-16(12-20)26(15)13-14-4-2-1-3-5-14/h1-5,8-10,15-16,27H,6-7,11-13H2. The molecule has 7 heteroatoms. The third kappa shape index (κ3) is 3.86. The summed E-state index contributed by atoms with van der Waals surface area (Å²) in [6, 6.07) is 12.9. The number of benzene rings is 2. The van der Waals surface area contributed by atoms with Crippen LogP contribution in [-0.4, -0.2) is 28.5 Å². The monoisotopic (exact) mass is 395 g/mol. The predicted molar refractivity (Wildman–Crippen MR) is 95.0 cm³/mol. The van der Waals surface area contributed by atoms with Crippen molar-refractivity contribution in [3.05, 3.63) is 65.5 Å². The third-order valence-corrected chi connectivity index (χ3v) is 5.80. The van der Waals surface area contributed by atoms with E-state index in [-0.39, 0.29) is 30.5 Å². The summed E-state index contributed by atoms with van der Waals surface area (Å²) >= 11 is 0. The van der Waals surface area contributed by atoms with E-state index in [1.54, 1.807) is 0 Å². The van der Waals surface area contributed by atoms with E-state index in [1.807, 2.05) is 30.3 Å². The van der Waals surface area contributed by atoms with Gasteiger partial charge in [0.2, 0.25) is 0 Å². The summed E-state index contributed by atoms with van der Waals surface area (Å²) in [5.41, 5.74) is -0.462. The summed E-state index contributed by atoms with van der Waals surface area (Å²) < 4.78 is 55.9. The minimum Gasteiger partial charge on any atom is -0.406 e. The van der Waals surface area contributed by atoms with Crippen LogP contribution in [0.15, 0.2) is 48.5 Å². The average molecular weight is 395 g/mol. The molecule has 2 aliphatic rings. The summed E-state index contributed by atoms with van der Waals surface area (Å²) in [6.45, 7) is 0.742. The van der Waals surface area contributed by atoms with Gasteiger partial charge in [0, 0.05) is 24.2 Å². The van der Waals surface area contributed by atoms with Crippen molar-refractivity contribution in [3.63, 3.8) is 0 Å². The van der Waals surface area contributed by atoms with Gasteiger partial charge in [-0.1, -0.05) is 30.3 Å². The van der Waals surface area contributed by atoms with Crippen LogP contribution in [0.5, 0.6) is 5.75 Å². The number of ether oxygens (including phenoxy) is 1. The molecule has 1 N–H and O–H groups in total. The van der Waals surface area contributed by atoms with Gasteiger partial charge in [0.1, 0.15) is 11.6 Å². The molecule has 2 aromatic carbocycles. The molecule has 2 fully saturated rings. The number of rotatable bonds is 4. The van der Waals surface area contributed by atoms with Crippen molar-refractivity contribution >= 4 is 0 Å². The molecule has 2 saturated heterocycles. The zero-order valence-electron chi connectivity index (χ0n) is 15.1. The first kappa shape index (κ1) is 19.2. The lowest BCUT2D eigenvalue weighted by Crippen LogP contribution is -2.49. The highest BCUT2D eigenvalue weighted by Gasteiger charge is 2.49. The fourth-order valence-corrected chi connectivity index (χ4v) is 4.65. The molecule has 4 rings (SSSR count). The maximum atomic E-state index is 14.4. The first-order chi connectivity index (χ1) is 13.2. The van der Waals surface area contributed by atoms with Gasteiger partial charge >= 0.3 is 6.36 Å². The van der Waals surface area contributed by atoms with E-state index >= 15 is 0 Å². The summed E-state index contributed by atoms with van der Waals surface area (Å²) in [5.74, 6) is -1.23. The Morgan fingerprint density at radius 1 is 1.04 bits per heavy atom. The molecule has 0 aromatic heterocycles. The van der Waals surface area contributed by atoms with E-state index in [0.717, 1.165) is 43.1 Å². The Balaban J connectivity index is 1.57. The topological polar surface area (TPSA) is 32.7 Å². The molecule has 2 unspecified atom stereocenters. The Kier molecular flexibility index (Phi) is 4.83. The number of alkyl halides is 3. The molecule has 2 aromatic rings. The maximum absolute atomic E-state index is 14.4. The number of aliphatic hydroxyl groups is 1. The summed E-state index contributed by atoms with van der Waals surface area (Å²) in [6.07, 6.45) is -2.55. The van der Waals surface area contributed by atoms with Gasteiger partial charge < -0.3 is 9.84 Å². The van der Waals surface area contributed by atoms with Crippen LogP contribution in [-0.2, 0) is 12.1 Å². The molecule has 28 heavy (non-hydrogen) atoms. The quantitative estimate of drug-likeness (QED) is 0.759. The molecule has 0 aliphatic carbocycles. The highest BCUT2D eigenvalue weighted by Crippen LogP contribution is 2.47. The smallest absolute Gasteiger partial charge is 0.406 e. The molecule has 150 valence electrons. The molecule has 2 bridgehead atoms. The Hall–Kier alpha value is -2.12. The Morgan fingerprint density at radius 2 is 1.68 bits per heavy atom. The number of hydrogen-bond donors (Lipinski definition) is 1. The van der Waals surface area contributed by atoms with E-state index in [1.165, 1.54) is 0 Å². The predicted octanol–water partition coefficient (Wildman–Crippen LogP) is 4.74. The zero-order chi connectivity index (χ0) is 19.9. The summed E-state index contributed by atoms with van der Waals surface area (Å²) in [5, 5.41) is 11.2. The second kappa shape index (κ2) is 7.04. The molecule has 2 atom stereocenters. The molecule has 2 heterocycles. The van der Waals surface area contributed by atoms with Gasteiger partial charge in [0.15, 0.2) is 0 Å². The maximum Gasteiger partial charge on any atom is 0.573 e. The number of piperidine rings is 1. The average Bonchev–Trinajstić information content (AvgIpc) is 2.86. The SMILES string of the molecule is OC1(c2cc(OC(F)(F)F)ccc2F)CC2CCC(C1)N2Cc1ccccc1. The van der Waals surface area contributed by atoms with Gasteiger partial charge in [-0.25, -0.2) is 4.39 Å². The Labute approximate surface area is 160 Å². The molecular formula is C21H21F4NO2. The molecular weight excluding hydrogens is 374 g/mol. The first-order valence-corrected chi connectivity index (χ1v) is 9.31. The largest absolute Gasteiger partial charge is 0.573 e. The lowest BCUT2D eigenvalue weighted by Gasteiger charge is -2.44. The normalized spacial score (nSPS) is 27.8. The Bertz CT molecular complexity index is 826. The molecule has 0 radical (unpaired) electrons. The van der Waals surface area contributed by atoms with Gasteiger partial charge in [-0.2, -0.15) is 0 Å². The molecule has 0 saturated carbocycles. The van der Waals surface area contributed by atoms with Crippen LogP contribution < -0.4 is 4.74 Å². The van der Waals surface area contributed by atoms with Crippen molar-refractivity contribution in [3.8, 4) is 5.75 Å². The molecule has 0 amide bonds. The summed E-state index contributed by atoms with van der Waals surface area (Å²) in [7, 11) is 0. The molecule has 0 spiro atoms. The lowest BCUT2D eigenvalue weighted by molar-refractivity contribution is -0.274. The number of halogens is 4. The zero-order valence-corrected chi connectivity index (χ0v) is 15.1. The van der Waals surface area contributed by atoms with E-state index < -0.39 is 23.5 Å². The minimum atomic E-state index is -4.87. The van der Waals surface area contributed by atoms with Gasteiger partial charge in [-0.15, -0.1) is 13.2 Å². The summed E-state index contributed by atoms with van der Waals surface area (Å²) in [4.78, 5) is 2.32. The van der Waals surface area contributed by atoms with Gasteiger partial charge in [0.25, 0.3) is 0 Å². The first-order valence-electron chi connectivity index (χ1n) is 9.31. The minimum absolute atomic E-state index is 0.0514. The Morgan fingerprint density at radius 3 is 2.29 bits per heavy atom. The second-order valence-corrected chi connectivity index (χ2v) is 7.67. The van der Waals surface area contributed by atoms with Crippen molar-refractivity contribution in [2.75, 3.05) is 0 Å². The van der Waals surface area contributed by atoms with Crippen LogP contribution >= 0.6 is 0 Å². The molecule has 2 aliphatic heterocycles. The van der Waals surface area contributed by atoms with Crippen molar-refractivity contribution in [1.29, 1.82) is 0 Å². The van der Waals surface area contributed by atoms with Crippen LogP contribution in [0.3, 0.4) is 0 Å². The highest BCUT2D eigenvalue weighted by molar-refractivity contribution is 5.35. The van der Waals surface area contributed by atoms with Crippen LogP contribution in [0.1, 0.15) is 36.8 Å². The fraction of sp³-hybridized carbons (Fsp3) is 0.429. The molecule has 3 nitrogen and oxygen atoms in total. The van der Waals surface area contributed by atoms with Crippen LogP contribution in [0.4, 0.5) is 17.6 Å². The van der Waals surface area contributed by atoms with Crippen LogP contribution in [0.2, 0.25) is 0 Å². The fourth-order valence-electron chi connectivity index (χ4n) is 4.65. The second-order valence-electron chi connectivity index (χ2n) is 7.67. The lowest BCUT2D eigenvalue weighted by atomic mass is 9.80. The van der Waals surface area contributed by atoms with Crippen LogP contribution in [0, 0.1) is 5.82 Å². The van der Waals surface area contributed by atoms with E-state index in [4.69, 9.17) is 0 Å². The van der Waals surface area contributed by atoms with Gasteiger partial charge in [0.05, 0.1) is 5.60 Å². The third-order valence-electron chi connectivity index (χ3n) is 5.80. The van der Waals surface area contributed by atoms with Gasteiger partial charge in [-0.05, 0) is 49.4 Å². The number of nitrogens with zero attached hydrogens (tertiary/aromatic N) is 1. The number of hydrogen-bond acceptors (Lipinski definition) is 3. The van der Waals surface area contributed by atoms with Crippen molar-refractivity contribution in [2.24, 2.45) is 0 Å². The highest BCUT2D eigenvalue weighted by atomic mass is 19.4. The number of fused-ring (bicyclic) bond motifs is 2. The van der Waals surface area contributed by atoms with Crippen molar-refractivity contribution < 1.29 is 27.4 Å². The van der Waals surface area contributed by atoms with E-state index in [0.29, 0.717) is 0 Å². The van der Waals surface area contributed by atoms with Crippen LogP contribution in [0.25, 0.3) is 0 Å². The van der Waals surface area contributed by atoms with Gasteiger partial charge in [-0.3, -0.25) is 4.90 Å². The van der Waals surface area contributed by atoms with Crippen molar-refractivity contribution in [1.82, 2.24) is 4.90 Å². The van der Waals surface area contributed by atoms with Crippen molar-refractivity contribution in [2.45, 2.75) is 56.3 Å². The van der Waals surface area contributed by atoms with E-state index in [2.05, 4.69) is 9.64 Å².